The molecular weight excluding hydrogens is 442 g/mol. The lowest BCUT2D eigenvalue weighted by atomic mass is 9.29. The van der Waals surface area contributed by atoms with Gasteiger partial charge in [0.05, 0.1) is 6.54 Å². The quantitative estimate of drug-likeness (QED) is 0.661. The summed E-state index contributed by atoms with van der Waals surface area (Å²) in [6.07, 6.45) is 3.26. The summed E-state index contributed by atoms with van der Waals surface area (Å²) in [7, 11) is 0. The Balaban J connectivity index is 1.41. The lowest BCUT2D eigenvalue weighted by molar-refractivity contribution is -0.382. The zero-order valence-corrected chi connectivity index (χ0v) is 18.1. The van der Waals surface area contributed by atoms with E-state index in [0.717, 1.165) is 36.0 Å². The topological polar surface area (TPSA) is 84.1 Å². The van der Waals surface area contributed by atoms with Crippen molar-refractivity contribution in [3.8, 4) is 0 Å². The van der Waals surface area contributed by atoms with Gasteiger partial charge in [0.15, 0.2) is 5.60 Å². The number of piperidine rings is 1. The van der Waals surface area contributed by atoms with E-state index in [-0.39, 0.29) is 36.5 Å². The van der Waals surface area contributed by atoms with E-state index in [4.69, 9.17) is 0 Å². The summed E-state index contributed by atoms with van der Waals surface area (Å²) in [6.45, 7) is 1.99. The highest BCUT2D eigenvalue weighted by Crippen LogP contribution is 2.83. The predicted octanol–water partition coefficient (Wildman–Crippen LogP) is 2.90. The molecule has 1 amide bonds. The van der Waals surface area contributed by atoms with E-state index in [2.05, 4.69) is 15.5 Å². The van der Waals surface area contributed by atoms with Crippen LogP contribution in [-0.2, 0) is 16.9 Å². The van der Waals surface area contributed by atoms with Gasteiger partial charge in [-0.25, -0.2) is 22.2 Å². The summed E-state index contributed by atoms with van der Waals surface area (Å²) < 4.78 is 61.4. The van der Waals surface area contributed by atoms with E-state index < -0.39 is 40.7 Å². The number of nitrogens with zero attached hydrogens (tertiary/aromatic N) is 5. The second-order valence-electron chi connectivity index (χ2n) is 10.0. The highest BCUT2D eigenvalue weighted by Gasteiger charge is 2.82. The molecule has 11 heteroatoms. The predicted molar refractivity (Wildman–Crippen MR) is 107 cm³/mol. The summed E-state index contributed by atoms with van der Waals surface area (Å²) in [4.78, 5) is 13.4. The minimum Gasteiger partial charge on any atom is -0.377 e. The lowest BCUT2D eigenvalue weighted by Gasteiger charge is -2.76. The smallest absolute Gasteiger partial charge is 0.287 e. The van der Waals surface area contributed by atoms with Crippen molar-refractivity contribution >= 4 is 5.91 Å². The molecule has 1 saturated heterocycles. The molecule has 1 atom stereocenters. The minimum atomic E-state index is -3.72. The van der Waals surface area contributed by atoms with Crippen molar-refractivity contribution in [2.75, 3.05) is 13.1 Å². The van der Waals surface area contributed by atoms with E-state index >= 15 is 8.78 Å². The van der Waals surface area contributed by atoms with Gasteiger partial charge in [0.1, 0.15) is 18.0 Å². The molecule has 3 aliphatic carbocycles. The average Bonchev–Trinajstić information content (AvgIpc) is 3.18. The Morgan fingerprint density at radius 2 is 1.88 bits per heavy atom. The highest BCUT2D eigenvalue weighted by atomic mass is 19.3. The highest BCUT2D eigenvalue weighted by molar-refractivity contribution is 5.73. The van der Waals surface area contributed by atoms with Gasteiger partial charge >= 0.3 is 0 Å². The molecule has 1 unspecified atom stereocenters. The maximum absolute atomic E-state index is 16.2. The SMILES string of the molecule is CC(=O)N1CCC(C23CC(C(F)(F)C(O)(Cn4cnnn4)c4ccc(F)cc4F)(C2)C3)CC1. The molecule has 0 radical (unpaired) electrons. The van der Waals surface area contributed by atoms with Crippen LogP contribution in [0.3, 0.4) is 0 Å². The number of likely N-dealkylation sites (tertiary alicyclic amines) is 1. The van der Waals surface area contributed by atoms with Gasteiger partial charge < -0.3 is 10.0 Å². The van der Waals surface area contributed by atoms with Crippen molar-refractivity contribution in [1.82, 2.24) is 25.1 Å². The molecule has 2 heterocycles. The van der Waals surface area contributed by atoms with Gasteiger partial charge in [-0.15, -0.1) is 5.10 Å². The number of alkyl halides is 2. The Bertz CT molecular complexity index is 1050. The first-order valence-electron chi connectivity index (χ1n) is 11.0. The summed E-state index contributed by atoms with van der Waals surface area (Å²) in [6, 6.07) is 2.20. The van der Waals surface area contributed by atoms with E-state index in [1.165, 1.54) is 6.92 Å². The number of carbonyl (C=O) groups is 1. The number of hydrogen-bond acceptors (Lipinski definition) is 5. The van der Waals surface area contributed by atoms with E-state index in [1.54, 1.807) is 4.90 Å². The molecule has 1 N–H and O–H groups in total. The first kappa shape index (κ1) is 22.2. The van der Waals surface area contributed by atoms with Gasteiger partial charge in [-0.1, -0.05) is 0 Å². The van der Waals surface area contributed by atoms with Crippen molar-refractivity contribution in [2.24, 2.45) is 16.7 Å². The van der Waals surface area contributed by atoms with Crippen LogP contribution in [0, 0.1) is 28.4 Å². The van der Waals surface area contributed by atoms with Crippen LogP contribution in [0.5, 0.6) is 0 Å². The number of aromatic nitrogens is 4. The van der Waals surface area contributed by atoms with E-state index in [9.17, 15) is 18.7 Å². The molecule has 1 aromatic heterocycles. The standard InChI is InChI=1S/C22H25F4N5O2/c1-14(32)30-6-4-15(5-7-30)19-9-20(10-19,11-19)22(25,26)21(33,12-31-13-27-28-29-31)17-3-2-16(23)8-18(17)24/h2-3,8,13,15,33H,4-7,9-12H2,1H3. The number of halogens is 4. The Hall–Kier alpha value is -2.56. The number of tetrazole rings is 1. The van der Waals surface area contributed by atoms with E-state index in [1.807, 2.05) is 0 Å². The summed E-state index contributed by atoms with van der Waals surface area (Å²) in [5, 5.41) is 21.8. The molecule has 178 valence electrons. The first-order chi connectivity index (χ1) is 15.5. The molecule has 2 aromatic rings. The molecule has 4 aliphatic rings. The van der Waals surface area contributed by atoms with Gasteiger partial charge in [-0.2, -0.15) is 0 Å². The maximum atomic E-state index is 16.2. The fourth-order valence-corrected chi connectivity index (χ4v) is 6.54. The third-order valence-corrected chi connectivity index (χ3v) is 8.22. The Labute approximate surface area is 187 Å². The summed E-state index contributed by atoms with van der Waals surface area (Å²) in [5.41, 5.74) is -5.36. The van der Waals surface area contributed by atoms with Crippen LogP contribution in [0.15, 0.2) is 24.5 Å². The zero-order chi connectivity index (χ0) is 23.6. The van der Waals surface area contributed by atoms with Crippen LogP contribution in [0.1, 0.15) is 44.6 Å². The van der Waals surface area contributed by atoms with Crippen LogP contribution in [0.4, 0.5) is 17.6 Å². The van der Waals surface area contributed by atoms with Crippen LogP contribution >= 0.6 is 0 Å². The van der Waals surface area contributed by atoms with Crippen molar-refractivity contribution in [1.29, 1.82) is 0 Å². The van der Waals surface area contributed by atoms with Crippen molar-refractivity contribution in [2.45, 2.75) is 57.1 Å². The fraction of sp³-hybridized carbons (Fsp3) is 0.636. The molecular formula is C22H25F4N5O2. The van der Waals surface area contributed by atoms with E-state index in [0.29, 0.717) is 19.2 Å². The fourth-order valence-electron chi connectivity index (χ4n) is 6.54. The van der Waals surface area contributed by atoms with Crippen LogP contribution in [0.2, 0.25) is 0 Å². The third-order valence-electron chi connectivity index (χ3n) is 8.22. The number of benzene rings is 1. The Morgan fingerprint density at radius 3 is 2.42 bits per heavy atom. The normalized spacial score (nSPS) is 29.2. The second kappa shape index (κ2) is 7.22. The van der Waals surface area contributed by atoms with Crippen molar-refractivity contribution in [3.63, 3.8) is 0 Å². The Morgan fingerprint density at radius 1 is 1.21 bits per heavy atom. The Kier molecular flexibility index (Phi) is 4.86. The number of carbonyl (C=O) groups excluding carboxylic acids is 1. The summed E-state index contributed by atoms with van der Waals surface area (Å²) >= 11 is 0. The largest absolute Gasteiger partial charge is 0.377 e. The zero-order valence-electron chi connectivity index (χ0n) is 18.1. The minimum absolute atomic E-state index is 0.0167. The molecule has 1 aromatic carbocycles. The van der Waals surface area contributed by atoms with Crippen molar-refractivity contribution in [3.05, 3.63) is 41.7 Å². The van der Waals surface area contributed by atoms with Crippen LogP contribution in [0.25, 0.3) is 0 Å². The number of amides is 1. The number of rotatable bonds is 6. The third kappa shape index (κ3) is 3.11. The van der Waals surface area contributed by atoms with Crippen molar-refractivity contribution < 1.29 is 27.5 Å². The maximum Gasteiger partial charge on any atom is 0.287 e. The molecule has 1 aliphatic heterocycles. The molecule has 7 nitrogen and oxygen atoms in total. The van der Waals surface area contributed by atoms with Gasteiger partial charge in [0.25, 0.3) is 5.92 Å². The van der Waals surface area contributed by atoms with Gasteiger partial charge in [-0.05, 0) is 66.0 Å². The second-order valence-corrected chi connectivity index (χ2v) is 10.0. The lowest BCUT2D eigenvalue weighted by Crippen LogP contribution is -2.76. The molecule has 33 heavy (non-hydrogen) atoms. The van der Waals surface area contributed by atoms with Crippen LogP contribution < -0.4 is 0 Å². The number of hydrogen-bond donors (Lipinski definition) is 1. The molecule has 2 bridgehead atoms. The van der Waals surface area contributed by atoms with Gasteiger partial charge in [0, 0.05) is 37.1 Å². The molecule has 3 saturated carbocycles. The molecule has 4 fully saturated rings. The number of aliphatic hydroxyl groups is 1. The average molecular weight is 467 g/mol. The molecule has 0 spiro atoms. The van der Waals surface area contributed by atoms with Crippen LogP contribution in [-0.4, -0.2) is 55.1 Å². The van der Waals surface area contributed by atoms with Gasteiger partial charge in [-0.3, -0.25) is 4.79 Å². The van der Waals surface area contributed by atoms with Gasteiger partial charge in [0.2, 0.25) is 5.91 Å². The molecule has 6 rings (SSSR count). The summed E-state index contributed by atoms with van der Waals surface area (Å²) in [5.74, 6) is -5.63. The first-order valence-corrected chi connectivity index (χ1v) is 11.0. The monoisotopic (exact) mass is 467 g/mol.